The van der Waals surface area contributed by atoms with E-state index in [2.05, 4.69) is 49.4 Å². The van der Waals surface area contributed by atoms with Crippen LogP contribution in [0, 0.1) is 27.7 Å². The van der Waals surface area contributed by atoms with Gasteiger partial charge < -0.3 is 5.11 Å². The quantitative estimate of drug-likeness (QED) is 0.627. The predicted molar refractivity (Wildman–Crippen MR) is 109 cm³/mol. The lowest BCUT2D eigenvalue weighted by Crippen LogP contribution is -2.08. The van der Waals surface area contributed by atoms with Crippen molar-refractivity contribution in [3.63, 3.8) is 0 Å². The number of carboxylic acids is 1. The Labute approximate surface area is 154 Å². The summed E-state index contributed by atoms with van der Waals surface area (Å²) in [5.74, 6) is -0.862. The highest BCUT2D eigenvalue weighted by Crippen LogP contribution is 2.28. The second kappa shape index (κ2) is 7.17. The first-order valence-electron chi connectivity index (χ1n) is 8.88. The van der Waals surface area contributed by atoms with Crippen LogP contribution in [0.15, 0.2) is 48.5 Å². The van der Waals surface area contributed by atoms with Gasteiger partial charge in [0.2, 0.25) is 0 Å². The van der Waals surface area contributed by atoms with Crippen LogP contribution in [-0.2, 0) is 6.42 Å². The van der Waals surface area contributed by atoms with Crippen LogP contribution in [0.4, 0.5) is 0 Å². The van der Waals surface area contributed by atoms with E-state index in [1.807, 2.05) is 32.9 Å². The molecular weight excluding hydrogens is 320 g/mol. The SMILES string of the molecule is Cc1c(C)c(C)c(C(=O)O)c(C=CCc2cccc3ccccc23)c1C. The van der Waals surface area contributed by atoms with Crippen molar-refractivity contribution < 1.29 is 9.90 Å². The van der Waals surface area contributed by atoms with Gasteiger partial charge >= 0.3 is 5.97 Å². The lowest BCUT2D eigenvalue weighted by molar-refractivity contribution is 0.0695. The van der Waals surface area contributed by atoms with Crippen LogP contribution in [-0.4, -0.2) is 11.1 Å². The molecule has 0 spiro atoms. The zero-order valence-corrected chi connectivity index (χ0v) is 15.8. The standard InChI is InChI=1S/C24H24O2/c1-15-16(2)18(4)23(24(25)26)21(17(15)3)14-8-12-20-11-7-10-19-9-5-6-13-22(19)20/h5-11,13-14H,12H2,1-4H3,(H,25,26). The second-order valence-electron chi connectivity index (χ2n) is 6.84. The average molecular weight is 344 g/mol. The van der Waals surface area contributed by atoms with Crippen LogP contribution in [0.3, 0.4) is 0 Å². The van der Waals surface area contributed by atoms with Crippen LogP contribution >= 0.6 is 0 Å². The van der Waals surface area contributed by atoms with E-state index in [1.54, 1.807) is 0 Å². The normalized spacial score (nSPS) is 11.4. The van der Waals surface area contributed by atoms with E-state index in [4.69, 9.17) is 0 Å². The molecule has 26 heavy (non-hydrogen) atoms. The molecule has 0 radical (unpaired) electrons. The zero-order valence-electron chi connectivity index (χ0n) is 15.8. The first-order chi connectivity index (χ1) is 12.4. The minimum atomic E-state index is -0.862. The molecule has 0 amide bonds. The van der Waals surface area contributed by atoms with Gasteiger partial charge in [0.1, 0.15) is 0 Å². The van der Waals surface area contributed by atoms with Gasteiger partial charge in [0, 0.05) is 0 Å². The van der Waals surface area contributed by atoms with Gasteiger partial charge in [-0.2, -0.15) is 0 Å². The van der Waals surface area contributed by atoms with E-state index in [1.165, 1.54) is 16.3 Å². The maximum atomic E-state index is 11.8. The number of benzene rings is 3. The Morgan fingerprint density at radius 1 is 0.885 bits per heavy atom. The molecule has 0 aliphatic carbocycles. The highest BCUT2D eigenvalue weighted by atomic mass is 16.4. The first-order valence-corrected chi connectivity index (χ1v) is 8.88. The van der Waals surface area contributed by atoms with Gasteiger partial charge in [-0.15, -0.1) is 0 Å². The fourth-order valence-corrected chi connectivity index (χ4v) is 3.60. The highest BCUT2D eigenvalue weighted by molar-refractivity contribution is 5.95. The van der Waals surface area contributed by atoms with Crippen LogP contribution in [0.2, 0.25) is 0 Å². The summed E-state index contributed by atoms with van der Waals surface area (Å²) in [6, 6.07) is 14.6. The molecule has 2 heteroatoms. The van der Waals surface area contributed by atoms with Gasteiger partial charge in [0.15, 0.2) is 0 Å². The maximum Gasteiger partial charge on any atom is 0.336 e. The van der Waals surface area contributed by atoms with Crippen LogP contribution in [0.25, 0.3) is 16.8 Å². The van der Waals surface area contributed by atoms with Crippen molar-refractivity contribution in [1.82, 2.24) is 0 Å². The van der Waals surface area contributed by atoms with E-state index in [9.17, 15) is 9.90 Å². The third-order valence-corrected chi connectivity index (χ3v) is 5.45. The van der Waals surface area contributed by atoms with Crippen molar-refractivity contribution >= 4 is 22.8 Å². The maximum absolute atomic E-state index is 11.8. The van der Waals surface area contributed by atoms with E-state index < -0.39 is 5.97 Å². The number of allylic oxidation sites excluding steroid dienone is 1. The van der Waals surface area contributed by atoms with Crippen molar-refractivity contribution in [3.8, 4) is 0 Å². The lowest BCUT2D eigenvalue weighted by atomic mass is 9.88. The molecule has 3 aromatic carbocycles. The Balaban J connectivity index is 2.02. The summed E-state index contributed by atoms with van der Waals surface area (Å²) >= 11 is 0. The predicted octanol–water partition coefficient (Wildman–Crippen LogP) is 6.03. The molecule has 0 saturated carbocycles. The summed E-state index contributed by atoms with van der Waals surface area (Å²) in [5, 5.41) is 12.2. The number of rotatable bonds is 4. The Kier molecular flexibility index (Phi) is 4.94. The van der Waals surface area contributed by atoms with Gasteiger partial charge in [0.05, 0.1) is 5.56 Å². The summed E-state index contributed by atoms with van der Waals surface area (Å²) in [7, 11) is 0. The van der Waals surface area contributed by atoms with Crippen molar-refractivity contribution in [2.45, 2.75) is 34.1 Å². The van der Waals surface area contributed by atoms with Gasteiger partial charge in [-0.05, 0) is 78.3 Å². The Hall–Kier alpha value is -2.87. The minimum absolute atomic E-state index is 0.416. The fourth-order valence-electron chi connectivity index (χ4n) is 3.60. The smallest absolute Gasteiger partial charge is 0.336 e. The van der Waals surface area contributed by atoms with Crippen LogP contribution in [0.1, 0.15) is 43.7 Å². The monoisotopic (exact) mass is 344 g/mol. The number of aromatic carboxylic acids is 1. The van der Waals surface area contributed by atoms with Gasteiger partial charge in [-0.3, -0.25) is 0 Å². The topological polar surface area (TPSA) is 37.3 Å². The molecular formula is C24H24O2. The summed E-state index contributed by atoms with van der Waals surface area (Å²) < 4.78 is 0. The first kappa shape index (κ1) is 17.9. The minimum Gasteiger partial charge on any atom is -0.478 e. The Morgan fingerprint density at radius 3 is 2.27 bits per heavy atom. The molecule has 132 valence electrons. The Morgan fingerprint density at radius 2 is 1.54 bits per heavy atom. The number of carbonyl (C=O) groups is 1. The van der Waals surface area contributed by atoms with Crippen molar-refractivity contribution in [3.05, 3.63) is 87.5 Å². The Bertz CT molecular complexity index is 1020. The summed E-state index contributed by atoms with van der Waals surface area (Å²) in [6.07, 6.45) is 4.82. The van der Waals surface area contributed by atoms with E-state index in [0.717, 1.165) is 34.2 Å². The van der Waals surface area contributed by atoms with Crippen molar-refractivity contribution in [2.75, 3.05) is 0 Å². The molecule has 0 heterocycles. The average Bonchev–Trinajstić information content (AvgIpc) is 2.64. The second-order valence-corrected chi connectivity index (χ2v) is 6.84. The molecule has 3 aromatic rings. The molecule has 3 rings (SSSR count). The molecule has 0 aliphatic heterocycles. The zero-order chi connectivity index (χ0) is 18.8. The van der Waals surface area contributed by atoms with E-state index >= 15 is 0 Å². The third kappa shape index (κ3) is 3.15. The van der Waals surface area contributed by atoms with Crippen LogP contribution in [0.5, 0.6) is 0 Å². The van der Waals surface area contributed by atoms with Crippen molar-refractivity contribution in [1.29, 1.82) is 0 Å². The van der Waals surface area contributed by atoms with Gasteiger partial charge in [-0.1, -0.05) is 54.6 Å². The fraction of sp³-hybridized carbons (Fsp3) is 0.208. The molecule has 1 N–H and O–H groups in total. The molecule has 0 saturated heterocycles. The number of hydrogen-bond donors (Lipinski definition) is 1. The molecule has 0 aliphatic rings. The lowest BCUT2D eigenvalue weighted by Gasteiger charge is -2.16. The largest absolute Gasteiger partial charge is 0.478 e. The number of carboxylic acid groups (broad SMARTS) is 1. The summed E-state index contributed by atoms with van der Waals surface area (Å²) in [4.78, 5) is 11.8. The highest BCUT2D eigenvalue weighted by Gasteiger charge is 2.18. The van der Waals surface area contributed by atoms with Gasteiger partial charge in [0.25, 0.3) is 0 Å². The van der Waals surface area contributed by atoms with Gasteiger partial charge in [-0.25, -0.2) is 4.79 Å². The molecule has 0 atom stereocenters. The number of hydrogen-bond acceptors (Lipinski definition) is 1. The number of fused-ring (bicyclic) bond motifs is 1. The third-order valence-electron chi connectivity index (χ3n) is 5.45. The van der Waals surface area contributed by atoms with E-state index in [0.29, 0.717) is 5.56 Å². The van der Waals surface area contributed by atoms with Crippen LogP contribution < -0.4 is 0 Å². The summed E-state index contributed by atoms with van der Waals surface area (Å²) in [5.41, 5.74) is 6.60. The van der Waals surface area contributed by atoms with E-state index in [-0.39, 0.29) is 0 Å². The molecule has 0 aromatic heterocycles. The molecule has 0 unspecified atom stereocenters. The van der Waals surface area contributed by atoms with Crippen molar-refractivity contribution in [2.24, 2.45) is 0 Å². The molecule has 2 nitrogen and oxygen atoms in total. The molecule has 0 bridgehead atoms. The molecule has 0 fully saturated rings. The summed E-state index contributed by atoms with van der Waals surface area (Å²) in [6.45, 7) is 7.96.